The molecule has 0 bridgehead atoms. The molecule has 3 rings (SSSR count). The van der Waals surface area contributed by atoms with E-state index in [1.54, 1.807) is 0 Å². The van der Waals surface area contributed by atoms with Crippen molar-refractivity contribution in [3.05, 3.63) is 17.7 Å². The Morgan fingerprint density at radius 1 is 1.17 bits per heavy atom. The van der Waals surface area contributed by atoms with Gasteiger partial charge in [-0.15, -0.1) is 0 Å². The average molecular weight is 318 g/mol. The van der Waals surface area contributed by atoms with Crippen molar-refractivity contribution in [2.24, 2.45) is 0 Å². The molecule has 0 spiro atoms. The molecule has 0 radical (unpaired) electrons. The van der Waals surface area contributed by atoms with Gasteiger partial charge in [-0.1, -0.05) is 6.42 Å². The SMILES string of the molecule is O=C1NCCc2ccc(OCCCCN3CCCCC3)nc2N1. The lowest BCUT2D eigenvalue weighted by Gasteiger charge is -2.26. The minimum atomic E-state index is -0.199. The minimum Gasteiger partial charge on any atom is -0.478 e. The van der Waals surface area contributed by atoms with Crippen LogP contribution in [0.1, 0.15) is 37.7 Å². The van der Waals surface area contributed by atoms with Crippen LogP contribution in [0.25, 0.3) is 0 Å². The van der Waals surface area contributed by atoms with Crippen LogP contribution in [0, 0.1) is 0 Å². The second-order valence-electron chi connectivity index (χ2n) is 6.25. The Balaban J connectivity index is 1.41. The first kappa shape index (κ1) is 16.1. The summed E-state index contributed by atoms with van der Waals surface area (Å²) in [4.78, 5) is 18.5. The van der Waals surface area contributed by atoms with Gasteiger partial charge in [0.25, 0.3) is 0 Å². The Labute approximate surface area is 137 Å². The first-order valence-electron chi connectivity index (χ1n) is 8.71. The van der Waals surface area contributed by atoms with Crippen molar-refractivity contribution >= 4 is 11.8 Å². The standard InChI is InChI=1S/C17H26N4O2/c22-17-18-9-8-14-6-7-15(19-16(14)20-17)23-13-5-4-12-21-10-2-1-3-11-21/h6-7H,1-5,8-13H2,(H2,18,19,20,22). The van der Waals surface area contributed by atoms with Gasteiger partial charge in [-0.2, -0.15) is 4.98 Å². The molecule has 2 aliphatic rings. The van der Waals surface area contributed by atoms with Crippen LogP contribution >= 0.6 is 0 Å². The number of anilines is 1. The fourth-order valence-corrected chi connectivity index (χ4v) is 3.12. The third-order valence-corrected chi connectivity index (χ3v) is 4.43. The molecular formula is C17H26N4O2. The monoisotopic (exact) mass is 318 g/mol. The Bertz CT molecular complexity index is 529. The van der Waals surface area contributed by atoms with Crippen molar-refractivity contribution in [1.82, 2.24) is 15.2 Å². The average Bonchev–Trinajstić information content (AvgIpc) is 2.75. The van der Waals surface area contributed by atoms with Gasteiger partial charge in [0, 0.05) is 12.6 Å². The maximum atomic E-state index is 11.5. The number of carbonyl (C=O) groups is 1. The normalized spacial score (nSPS) is 18.5. The van der Waals surface area contributed by atoms with Gasteiger partial charge >= 0.3 is 6.03 Å². The number of nitrogens with zero attached hydrogens (tertiary/aromatic N) is 2. The van der Waals surface area contributed by atoms with Gasteiger partial charge in [-0.05, 0) is 63.4 Å². The molecular weight excluding hydrogens is 292 g/mol. The summed E-state index contributed by atoms with van der Waals surface area (Å²) in [5.41, 5.74) is 1.04. The molecule has 1 aromatic heterocycles. The number of fused-ring (bicyclic) bond motifs is 1. The minimum absolute atomic E-state index is 0.199. The van der Waals surface area contributed by atoms with Crippen LogP contribution in [0.3, 0.4) is 0 Å². The van der Waals surface area contributed by atoms with Crippen LogP contribution in [0.5, 0.6) is 5.88 Å². The molecule has 0 aliphatic carbocycles. The highest BCUT2D eigenvalue weighted by molar-refractivity contribution is 5.89. The van der Waals surface area contributed by atoms with Crippen LogP contribution in [0.15, 0.2) is 12.1 Å². The molecule has 0 saturated carbocycles. The number of amides is 2. The summed E-state index contributed by atoms with van der Waals surface area (Å²) in [7, 11) is 0. The van der Waals surface area contributed by atoms with E-state index in [2.05, 4.69) is 20.5 Å². The number of ether oxygens (including phenoxy) is 1. The van der Waals surface area contributed by atoms with E-state index in [0.29, 0.717) is 24.8 Å². The summed E-state index contributed by atoms with van der Waals surface area (Å²) in [6, 6.07) is 3.68. The molecule has 2 N–H and O–H groups in total. The van der Waals surface area contributed by atoms with Gasteiger partial charge in [0.15, 0.2) is 0 Å². The fraction of sp³-hybridized carbons (Fsp3) is 0.647. The number of piperidine rings is 1. The predicted octanol–water partition coefficient (Wildman–Crippen LogP) is 2.40. The summed E-state index contributed by atoms with van der Waals surface area (Å²) in [6.07, 6.45) is 7.05. The van der Waals surface area contributed by atoms with Gasteiger partial charge < -0.3 is 15.0 Å². The second-order valence-corrected chi connectivity index (χ2v) is 6.25. The summed E-state index contributed by atoms with van der Waals surface area (Å²) in [6.45, 7) is 4.98. The number of aromatic nitrogens is 1. The van der Waals surface area contributed by atoms with E-state index in [0.717, 1.165) is 24.8 Å². The highest BCUT2D eigenvalue weighted by Crippen LogP contribution is 2.20. The van der Waals surface area contributed by atoms with Gasteiger partial charge in [-0.3, -0.25) is 5.32 Å². The highest BCUT2D eigenvalue weighted by atomic mass is 16.5. The number of hydrogen-bond donors (Lipinski definition) is 2. The number of likely N-dealkylation sites (tertiary alicyclic amines) is 1. The smallest absolute Gasteiger partial charge is 0.320 e. The number of pyridine rings is 1. The molecule has 6 nitrogen and oxygen atoms in total. The van der Waals surface area contributed by atoms with Crippen LogP contribution in [0.2, 0.25) is 0 Å². The van der Waals surface area contributed by atoms with Gasteiger partial charge in [0.1, 0.15) is 5.82 Å². The number of urea groups is 1. The zero-order valence-electron chi connectivity index (χ0n) is 13.6. The number of unbranched alkanes of at least 4 members (excludes halogenated alkanes) is 1. The third kappa shape index (κ3) is 4.82. The first-order valence-corrected chi connectivity index (χ1v) is 8.71. The molecule has 6 heteroatoms. The zero-order valence-corrected chi connectivity index (χ0v) is 13.6. The predicted molar refractivity (Wildman–Crippen MR) is 90.0 cm³/mol. The maximum Gasteiger partial charge on any atom is 0.320 e. The topological polar surface area (TPSA) is 66.5 Å². The van der Waals surface area contributed by atoms with Crippen LogP contribution in [0.4, 0.5) is 10.6 Å². The van der Waals surface area contributed by atoms with Crippen molar-refractivity contribution in [2.45, 2.75) is 38.5 Å². The van der Waals surface area contributed by atoms with E-state index in [9.17, 15) is 4.79 Å². The van der Waals surface area contributed by atoms with Gasteiger partial charge in [0.05, 0.1) is 6.61 Å². The van der Waals surface area contributed by atoms with E-state index < -0.39 is 0 Å². The molecule has 0 aromatic carbocycles. The lowest BCUT2D eigenvalue weighted by Crippen LogP contribution is -2.30. The Morgan fingerprint density at radius 3 is 2.91 bits per heavy atom. The van der Waals surface area contributed by atoms with Crippen LogP contribution < -0.4 is 15.4 Å². The second kappa shape index (κ2) is 8.15. The van der Waals surface area contributed by atoms with E-state index in [4.69, 9.17) is 4.74 Å². The Hall–Kier alpha value is -1.82. The van der Waals surface area contributed by atoms with Crippen molar-refractivity contribution in [2.75, 3.05) is 38.1 Å². The lowest BCUT2D eigenvalue weighted by atomic mass is 10.1. The van der Waals surface area contributed by atoms with Gasteiger partial charge in [-0.25, -0.2) is 4.79 Å². The lowest BCUT2D eigenvalue weighted by molar-refractivity contribution is 0.215. The summed E-state index contributed by atoms with van der Waals surface area (Å²) >= 11 is 0. The summed E-state index contributed by atoms with van der Waals surface area (Å²) < 4.78 is 5.74. The van der Waals surface area contributed by atoms with E-state index in [-0.39, 0.29) is 6.03 Å². The van der Waals surface area contributed by atoms with E-state index in [1.165, 1.54) is 38.9 Å². The Kier molecular flexibility index (Phi) is 5.69. The molecule has 1 aromatic rings. The number of hydrogen-bond acceptors (Lipinski definition) is 4. The maximum absolute atomic E-state index is 11.5. The number of rotatable bonds is 6. The number of carbonyl (C=O) groups excluding carboxylic acids is 1. The highest BCUT2D eigenvalue weighted by Gasteiger charge is 2.14. The fourth-order valence-electron chi connectivity index (χ4n) is 3.12. The molecule has 2 aliphatic heterocycles. The molecule has 3 heterocycles. The molecule has 0 unspecified atom stereocenters. The van der Waals surface area contributed by atoms with Gasteiger partial charge in [0.2, 0.25) is 5.88 Å². The summed E-state index contributed by atoms with van der Waals surface area (Å²) in [5, 5.41) is 5.53. The zero-order chi connectivity index (χ0) is 15.9. The third-order valence-electron chi connectivity index (χ3n) is 4.43. The van der Waals surface area contributed by atoms with Crippen molar-refractivity contribution in [1.29, 1.82) is 0 Å². The molecule has 1 fully saturated rings. The molecule has 2 amide bonds. The molecule has 126 valence electrons. The first-order chi connectivity index (χ1) is 11.3. The molecule has 23 heavy (non-hydrogen) atoms. The van der Waals surface area contributed by atoms with E-state index >= 15 is 0 Å². The van der Waals surface area contributed by atoms with Crippen LogP contribution in [-0.2, 0) is 6.42 Å². The number of nitrogens with one attached hydrogen (secondary N) is 2. The van der Waals surface area contributed by atoms with Crippen molar-refractivity contribution in [3.63, 3.8) is 0 Å². The van der Waals surface area contributed by atoms with Crippen molar-refractivity contribution < 1.29 is 9.53 Å². The van der Waals surface area contributed by atoms with Crippen LogP contribution in [-0.4, -0.2) is 48.7 Å². The molecule has 0 atom stereocenters. The summed E-state index contributed by atoms with van der Waals surface area (Å²) in [5.74, 6) is 1.20. The largest absolute Gasteiger partial charge is 0.478 e. The Morgan fingerprint density at radius 2 is 2.04 bits per heavy atom. The quantitative estimate of drug-likeness (QED) is 0.791. The van der Waals surface area contributed by atoms with E-state index in [1.807, 2.05) is 12.1 Å². The molecule has 1 saturated heterocycles. The van der Waals surface area contributed by atoms with Crippen molar-refractivity contribution in [3.8, 4) is 5.88 Å².